The van der Waals surface area contributed by atoms with E-state index in [1.54, 1.807) is 23.9 Å². The molecule has 3 rings (SSSR count). The van der Waals surface area contributed by atoms with Gasteiger partial charge in [0.15, 0.2) is 0 Å². The average Bonchev–Trinajstić information content (AvgIpc) is 2.93. The fraction of sp³-hybridized carbons (Fsp3) is 0.182. The van der Waals surface area contributed by atoms with Crippen LogP contribution in [0.5, 0.6) is 0 Å². The van der Waals surface area contributed by atoms with Crippen molar-refractivity contribution in [1.29, 1.82) is 0 Å². The van der Waals surface area contributed by atoms with Gasteiger partial charge in [0.2, 0.25) is 0 Å². The van der Waals surface area contributed by atoms with Gasteiger partial charge in [-0.15, -0.1) is 0 Å². The lowest BCUT2D eigenvalue weighted by Crippen LogP contribution is -2.16. The van der Waals surface area contributed by atoms with E-state index >= 15 is 0 Å². The van der Waals surface area contributed by atoms with E-state index in [2.05, 4.69) is 5.10 Å². The van der Waals surface area contributed by atoms with Gasteiger partial charge >= 0.3 is 0 Å². The van der Waals surface area contributed by atoms with Crippen LogP contribution in [-0.2, 0) is 11.5 Å². The Bertz CT molecular complexity index is 689. The van der Waals surface area contributed by atoms with Crippen LogP contribution in [0.1, 0.15) is 11.3 Å². The van der Waals surface area contributed by atoms with E-state index in [-0.39, 0.29) is 11.2 Å². The van der Waals surface area contributed by atoms with Crippen molar-refractivity contribution in [2.24, 2.45) is 0 Å². The van der Waals surface area contributed by atoms with Gasteiger partial charge in [-0.3, -0.25) is 20.0 Å². The number of hydrogen-bond donors (Lipinski definition) is 1. The number of rotatable bonds is 2. The smallest absolute Gasteiger partial charge is 0.275 e. The highest BCUT2D eigenvalue weighted by atomic mass is 32.2. The first-order chi connectivity index (χ1) is 8.66. The molecule has 1 aromatic carbocycles. The van der Waals surface area contributed by atoms with Crippen molar-refractivity contribution >= 4 is 17.4 Å². The number of aromatic amines is 1. The largest absolute Gasteiger partial charge is 0.294 e. The summed E-state index contributed by atoms with van der Waals surface area (Å²) in [7, 11) is 0. The van der Waals surface area contributed by atoms with Crippen LogP contribution in [0.3, 0.4) is 0 Å². The minimum atomic E-state index is -0.471. The molecule has 0 fully saturated rings. The van der Waals surface area contributed by atoms with Crippen molar-refractivity contribution in [3.8, 4) is 5.69 Å². The summed E-state index contributed by atoms with van der Waals surface area (Å²) in [5.74, 6) is 1.49. The molecule has 0 unspecified atom stereocenters. The zero-order valence-corrected chi connectivity index (χ0v) is 10.1. The molecule has 0 saturated heterocycles. The molecule has 0 amide bonds. The van der Waals surface area contributed by atoms with Crippen LogP contribution in [0.4, 0.5) is 5.69 Å². The Hall–Kier alpha value is -2.02. The maximum atomic E-state index is 12.1. The quantitative estimate of drug-likeness (QED) is 0.662. The number of nitrogens with zero attached hydrogens (tertiary/aromatic N) is 2. The number of thioether (sulfide) groups is 1. The predicted octanol–water partition coefficient (Wildman–Crippen LogP) is 1.82. The molecule has 6 nitrogen and oxygen atoms in total. The van der Waals surface area contributed by atoms with Gasteiger partial charge in [0.05, 0.1) is 21.9 Å². The van der Waals surface area contributed by atoms with Crippen LogP contribution in [-0.4, -0.2) is 14.7 Å². The molecule has 1 aliphatic heterocycles. The predicted molar refractivity (Wildman–Crippen MR) is 68.0 cm³/mol. The molecule has 0 bridgehead atoms. The molecular formula is C11H9N3O3S. The number of H-pyrrole nitrogens is 1. The van der Waals surface area contributed by atoms with Gasteiger partial charge in [-0.2, -0.15) is 11.8 Å². The van der Waals surface area contributed by atoms with Crippen molar-refractivity contribution in [3.63, 3.8) is 0 Å². The normalized spacial score (nSPS) is 13.6. The number of benzene rings is 1. The van der Waals surface area contributed by atoms with E-state index in [1.165, 1.54) is 16.8 Å². The molecule has 1 N–H and O–H groups in total. The van der Waals surface area contributed by atoms with E-state index in [4.69, 9.17) is 0 Å². The maximum Gasteiger partial charge on any atom is 0.275 e. The molecule has 18 heavy (non-hydrogen) atoms. The third-order valence-electron chi connectivity index (χ3n) is 2.86. The standard InChI is InChI=1S/C11H9N3O3S/c15-11-9-5-18-6-10(9)12-13(11)7-2-1-3-8(4-7)14(16)17/h1-4,12H,5-6H2. The highest BCUT2D eigenvalue weighted by Crippen LogP contribution is 2.26. The molecule has 1 aliphatic rings. The fourth-order valence-electron chi connectivity index (χ4n) is 1.97. The second-order valence-electron chi connectivity index (χ2n) is 3.98. The monoisotopic (exact) mass is 263 g/mol. The number of non-ortho nitro benzene ring substituents is 1. The first kappa shape index (κ1) is 11.1. The molecule has 2 heterocycles. The summed E-state index contributed by atoms with van der Waals surface area (Å²) >= 11 is 1.68. The third kappa shape index (κ3) is 1.63. The Morgan fingerprint density at radius 2 is 2.22 bits per heavy atom. The molecule has 0 aliphatic carbocycles. The molecule has 0 spiro atoms. The Kier molecular flexibility index (Phi) is 2.48. The second kappa shape index (κ2) is 4.02. The lowest BCUT2D eigenvalue weighted by Gasteiger charge is -2.01. The lowest BCUT2D eigenvalue weighted by atomic mass is 10.3. The van der Waals surface area contributed by atoms with Gasteiger partial charge in [-0.25, -0.2) is 4.68 Å². The van der Waals surface area contributed by atoms with Crippen LogP contribution in [0.15, 0.2) is 29.1 Å². The van der Waals surface area contributed by atoms with Gasteiger partial charge in [-0.1, -0.05) is 6.07 Å². The fourth-order valence-corrected chi connectivity index (χ4v) is 3.01. The number of hydrogen-bond acceptors (Lipinski definition) is 4. The van der Waals surface area contributed by atoms with Crippen molar-refractivity contribution in [2.45, 2.75) is 11.5 Å². The summed E-state index contributed by atoms with van der Waals surface area (Å²) in [6, 6.07) is 6.04. The van der Waals surface area contributed by atoms with Gasteiger partial charge in [0, 0.05) is 23.6 Å². The first-order valence-corrected chi connectivity index (χ1v) is 6.47. The zero-order valence-electron chi connectivity index (χ0n) is 9.25. The number of aromatic nitrogens is 2. The van der Waals surface area contributed by atoms with E-state index in [9.17, 15) is 14.9 Å². The van der Waals surface area contributed by atoms with Crippen molar-refractivity contribution in [3.05, 3.63) is 56.0 Å². The third-order valence-corrected chi connectivity index (χ3v) is 3.85. The summed E-state index contributed by atoms with van der Waals surface area (Å²) in [6.45, 7) is 0. The molecule has 7 heteroatoms. The first-order valence-electron chi connectivity index (χ1n) is 5.32. The summed E-state index contributed by atoms with van der Waals surface area (Å²) in [5, 5.41) is 13.7. The molecule has 0 saturated carbocycles. The molecule has 2 aromatic rings. The molecule has 1 aromatic heterocycles. The topological polar surface area (TPSA) is 80.9 Å². The molecular weight excluding hydrogens is 254 g/mol. The maximum absolute atomic E-state index is 12.1. The summed E-state index contributed by atoms with van der Waals surface area (Å²) in [5.41, 5.74) is 2.04. The Labute approximate surface area is 106 Å². The summed E-state index contributed by atoms with van der Waals surface area (Å²) in [6.07, 6.45) is 0. The Morgan fingerprint density at radius 1 is 1.39 bits per heavy atom. The van der Waals surface area contributed by atoms with Crippen molar-refractivity contribution in [1.82, 2.24) is 9.78 Å². The minimum absolute atomic E-state index is 0.0245. The van der Waals surface area contributed by atoms with Crippen LogP contribution < -0.4 is 5.56 Å². The number of fused-ring (bicyclic) bond motifs is 1. The van der Waals surface area contributed by atoms with E-state index < -0.39 is 4.92 Å². The van der Waals surface area contributed by atoms with Crippen LogP contribution in [0.25, 0.3) is 5.69 Å². The zero-order chi connectivity index (χ0) is 12.7. The van der Waals surface area contributed by atoms with Gasteiger partial charge in [-0.05, 0) is 6.07 Å². The molecule has 0 atom stereocenters. The van der Waals surface area contributed by atoms with Crippen LogP contribution >= 0.6 is 11.8 Å². The van der Waals surface area contributed by atoms with Crippen molar-refractivity contribution < 1.29 is 4.92 Å². The lowest BCUT2D eigenvalue weighted by molar-refractivity contribution is -0.384. The SMILES string of the molecule is O=c1c2c([nH]n1-c1cccc([N+](=O)[O-])c1)CSC2. The van der Waals surface area contributed by atoms with Gasteiger partial charge in [0.25, 0.3) is 11.2 Å². The Balaban J connectivity index is 2.13. The summed E-state index contributed by atoms with van der Waals surface area (Å²) < 4.78 is 1.37. The summed E-state index contributed by atoms with van der Waals surface area (Å²) in [4.78, 5) is 22.3. The Morgan fingerprint density at radius 3 is 2.94 bits per heavy atom. The number of nitro groups is 1. The second-order valence-corrected chi connectivity index (χ2v) is 4.96. The van der Waals surface area contributed by atoms with E-state index in [1.807, 2.05) is 0 Å². The van der Waals surface area contributed by atoms with E-state index in [0.29, 0.717) is 11.4 Å². The van der Waals surface area contributed by atoms with Crippen molar-refractivity contribution in [2.75, 3.05) is 0 Å². The number of nitrogens with one attached hydrogen (secondary N) is 1. The van der Waals surface area contributed by atoms with Gasteiger partial charge in [0.1, 0.15) is 0 Å². The molecule has 92 valence electrons. The number of nitro benzene ring substituents is 1. The highest BCUT2D eigenvalue weighted by Gasteiger charge is 2.20. The minimum Gasteiger partial charge on any atom is -0.294 e. The van der Waals surface area contributed by atoms with Gasteiger partial charge < -0.3 is 0 Å². The average molecular weight is 263 g/mol. The highest BCUT2D eigenvalue weighted by molar-refractivity contribution is 7.98. The van der Waals surface area contributed by atoms with Crippen LogP contribution in [0, 0.1) is 10.1 Å². The van der Waals surface area contributed by atoms with Crippen LogP contribution in [0.2, 0.25) is 0 Å². The van der Waals surface area contributed by atoms with E-state index in [0.717, 1.165) is 17.0 Å². The molecule has 0 radical (unpaired) electrons.